The summed E-state index contributed by atoms with van der Waals surface area (Å²) < 4.78 is 42.9. The van der Waals surface area contributed by atoms with Gasteiger partial charge in [0, 0.05) is 30.2 Å². The van der Waals surface area contributed by atoms with E-state index in [0.29, 0.717) is 13.0 Å². The molecular weight excluding hydrogens is 250 g/mol. The van der Waals surface area contributed by atoms with E-state index in [0.717, 1.165) is 16.5 Å². The molecule has 0 amide bonds. The average Bonchev–Trinajstić information content (AvgIpc) is 2.77. The molecule has 2 rings (SSSR count). The van der Waals surface area contributed by atoms with Crippen molar-refractivity contribution in [1.82, 2.24) is 9.88 Å². The van der Waals surface area contributed by atoms with E-state index in [1.807, 2.05) is 30.5 Å². The number of aromatic amines is 1. The second-order valence-corrected chi connectivity index (χ2v) is 4.37. The van der Waals surface area contributed by atoms with Crippen LogP contribution in [0.15, 0.2) is 30.5 Å². The molecule has 0 saturated heterocycles. The molecule has 0 radical (unpaired) electrons. The summed E-state index contributed by atoms with van der Waals surface area (Å²) in [5.74, 6) is 0. The van der Waals surface area contributed by atoms with Crippen LogP contribution in [0, 0.1) is 0 Å². The largest absolute Gasteiger partial charge is 0.361 e. The van der Waals surface area contributed by atoms with Crippen molar-refractivity contribution in [2.24, 2.45) is 0 Å². The molecule has 1 heterocycles. The van der Waals surface area contributed by atoms with Gasteiger partial charge in [-0.3, -0.25) is 0 Å². The molecule has 0 atom stereocenters. The van der Waals surface area contributed by atoms with Crippen molar-refractivity contribution in [2.45, 2.75) is 13.0 Å². The van der Waals surface area contributed by atoms with Crippen molar-refractivity contribution in [3.05, 3.63) is 36.0 Å². The Morgan fingerprint density at radius 1 is 1.37 bits per heavy atom. The third kappa shape index (κ3) is 4.01. The lowest BCUT2D eigenvalue weighted by atomic mass is 10.1. The van der Waals surface area contributed by atoms with Crippen molar-refractivity contribution in [2.75, 3.05) is 26.7 Å². The van der Waals surface area contributed by atoms with Crippen molar-refractivity contribution in [3.8, 4) is 0 Å². The predicted octanol–water partition coefficient (Wildman–Crippen LogP) is 2.88. The lowest BCUT2D eigenvalue weighted by molar-refractivity contribution is -0.131. The van der Waals surface area contributed by atoms with Gasteiger partial charge in [0.1, 0.15) is 0 Å². The number of halogens is 2. The number of H-pyrrole nitrogens is 1. The van der Waals surface area contributed by atoms with Gasteiger partial charge in [-0.2, -0.15) is 8.78 Å². The normalized spacial score (nSPS) is 14.2. The minimum Gasteiger partial charge on any atom is -0.361 e. The quantitative estimate of drug-likeness (QED) is 0.838. The van der Waals surface area contributed by atoms with Crippen molar-refractivity contribution < 1.29 is 16.3 Å². The van der Waals surface area contributed by atoms with Crippen LogP contribution in [-0.4, -0.2) is 43.2 Å². The van der Waals surface area contributed by atoms with Crippen LogP contribution in [0.1, 0.15) is 8.30 Å². The lowest BCUT2D eigenvalue weighted by Crippen LogP contribution is -2.26. The van der Waals surface area contributed by atoms with Crippen LogP contribution < -0.4 is 0 Å². The molecule has 0 spiro atoms. The maximum absolute atomic E-state index is 12.1. The van der Waals surface area contributed by atoms with Crippen LogP contribution >= 0.6 is 0 Å². The number of hydrogen-bond acceptors (Lipinski definition) is 2. The van der Waals surface area contributed by atoms with E-state index >= 15 is 0 Å². The van der Waals surface area contributed by atoms with E-state index in [1.165, 1.54) is 0 Å². The minimum atomic E-state index is -3.11. The number of ether oxygens (including phenoxy) is 1. The van der Waals surface area contributed by atoms with E-state index in [9.17, 15) is 8.78 Å². The van der Waals surface area contributed by atoms with E-state index < -0.39 is 13.2 Å². The Hall–Kier alpha value is -1.46. The highest BCUT2D eigenvalue weighted by molar-refractivity contribution is 5.83. The number of aromatic nitrogens is 1. The first-order chi connectivity index (χ1) is 9.87. The summed E-state index contributed by atoms with van der Waals surface area (Å²) in [6.07, 6.45) is 2.62. The molecule has 3 nitrogen and oxygen atoms in total. The maximum Gasteiger partial charge on any atom is 0.345 e. The number of likely N-dealkylation sites (N-methyl/N-ethyl adjacent to an activating group) is 1. The van der Waals surface area contributed by atoms with Crippen LogP contribution in [0.25, 0.3) is 10.9 Å². The first kappa shape index (κ1) is 11.4. The molecule has 0 aliphatic rings. The summed E-state index contributed by atoms with van der Waals surface area (Å²) in [5, 5.41) is 1.12. The Balaban J connectivity index is 1.90. The number of nitrogens with zero attached hydrogens (tertiary/aromatic N) is 1. The molecule has 0 bridgehead atoms. The van der Waals surface area contributed by atoms with Gasteiger partial charge in [0.2, 0.25) is 0 Å². The Kier molecular flexibility index (Phi) is 3.97. The second-order valence-electron chi connectivity index (χ2n) is 4.37. The molecule has 19 heavy (non-hydrogen) atoms. The Labute approximate surface area is 114 Å². The smallest absolute Gasteiger partial charge is 0.345 e. The molecule has 0 aliphatic heterocycles. The Morgan fingerprint density at radius 3 is 2.95 bits per heavy atom. The van der Waals surface area contributed by atoms with Crippen LogP contribution in [0.3, 0.4) is 0 Å². The van der Waals surface area contributed by atoms with Crippen LogP contribution in [0.5, 0.6) is 0 Å². The fourth-order valence-electron chi connectivity index (χ4n) is 1.94. The van der Waals surface area contributed by atoms with Gasteiger partial charge in [-0.1, -0.05) is 18.2 Å². The van der Waals surface area contributed by atoms with Gasteiger partial charge < -0.3 is 14.6 Å². The summed E-state index contributed by atoms with van der Waals surface area (Å²) >= 11 is 0. The third-order valence-corrected chi connectivity index (χ3v) is 2.94. The fourth-order valence-corrected chi connectivity index (χ4v) is 1.94. The standard InChI is InChI=1S/C14H18F2N2O/c1-18(8-9-19-14(15)16)7-6-11-10-17-13-5-3-2-4-12(11)13/h2-5,10,14,17H,6-9H2,1H3/i9D2. The van der Waals surface area contributed by atoms with Gasteiger partial charge in [-0.25, -0.2) is 0 Å². The van der Waals surface area contributed by atoms with E-state index in [4.69, 9.17) is 2.74 Å². The number of alkyl halides is 2. The zero-order valence-corrected chi connectivity index (χ0v) is 10.7. The van der Waals surface area contributed by atoms with Gasteiger partial charge in [-0.05, 0) is 25.1 Å². The van der Waals surface area contributed by atoms with E-state index in [1.54, 1.807) is 11.9 Å². The number of rotatable bonds is 7. The molecule has 1 N–H and O–H groups in total. The average molecular weight is 270 g/mol. The number of hydrogen-bond donors (Lipinski definition) is 1. The van der Waals surface area contributed by atoms with Crippen molar-refractivity contribution >= 4 is 10.9 Å². The highest BCUT2D eigenvalue weighted by atomic mass is 19.3. The first-order valence-electron chi connectivity index (χ1n) is 7.07. The van der Waals surface area contributed by atoms with Gasteiger partial charge in [0.15, 0.2) is 0 Å². The molecule has 2 aromatic rings. The molecule has 1 aromatic carbocycles. The Bertz CT molecular complexity index is 589. The van der Waals surface area contributed by atoms with Crippen molar-refractivity contribution in [1.29, 1.82) is 0 Å². The zero-order chi connectivity index (χ0) is 15.5. The highest BCUT2D eigenvalue weighted by Gasteiger charge is 2.06. The summed E-state index contributed by atoms with van der Waals surface area (Å²) in [7, 11) is 1.68. The van der Waals surface area contributed by atoms with Crippen LogP contribution in [0.4, 0.5) is 8.78 Å². The minimum absolute atomic E-state index is 0.209. The number of benzene rings is 1. The first-order valence-corrected chi connectivity index (χ1v) is 6.07. The van der Waals surface area contributed by atoms with Gasteiger partial charge in [0.05, 0.1) is 9.30 Å². The Morgan fingerprint density at radius 2 is 2.16 bits per heavy atom. The molecule has 5 heteroatoms. The lowest BCUT2D eigenvalue weighted by Gasteiger charge is -2.16. The topological polar surface area (TPSA) is 28.3 Å². The van der Waals surface area contributed by atoms with Gasteiger partial charge in [0.25, 0.3) is 0 Å². The SMILES string of the molecule is [2H]C([2H])(CN(C)CCc1c[nH]c2ccccc12)OC(F)F. The van der Waals surface area contributed by atoms with Crippen LogP contribution in [-0.2, 0) is 11.2 Å². The van der Waals surface area contributed by atoms with Gasteiger partial charge in [-0.15, -0.1) is 0 Å². The molecule has 1 aromatic heterocycles. The molecular formula is C14H18F2N2O. The summed E-state index contributed by atoms with van der Waals surface area (Å²) in [4.78, 5) is 4.81. The molecule has 0 unspecified atom stereocenters. The van der Waals surface area contributed by atoms with E-state index in [2.05, 4.69) is 9.72 Å². The number of fused-ring (bicyclic) bond motifs is 1. The maximum atomic E-state index is 12.1. The van der Waals surface area contributed by atoms with Crippen LogP contribution in [0.2, 0.25) is 0 Å². The number of para-hydroxylation sites is 1. The predicted molar refractivity (Wildman–Crippen MR) is 71.5 cm³/mol. The zero-order valence-electron chi connectivity index (χ0n) is 12.7. The van der Waals surface area contributed by atoms with E-state index in [-0.39, 0.29) is 6.54 Å². The molecule has 0 aliphatic carbocycles. The molecule has 0 fully saturated rings. The number of nitrogens with one attached hydrogen (secondary N) is 1. The fraction of sp³-hybridized carbons (Fsp3) is 0.429. The highest BCUT2D eigenvalue weighted by Crippen LogP contribution is 2.18. The second kappa shape index (κ2) is 6.63. The molecule has 0 saturated carbocycles. The van der Waals surface area contributed by atoms with Gasteiger partial charge >= 0.3 is 6.61 Å². The van der Waals surface area contributed by atoms with Crippen molar-refractivity contribution in [3.63, 3.8) is 0 Å². The summed E-state index contributed by atoms with van der Waals surface area (Å²) in [6, 6.07) is 7.90. The monoisotopic (exact) mass is 270 g/mol. The summed E-state index contributed by atoms with van der Waals surface area (Å²) in [5.41, 5.74) is 2.17. The summed E-state index contributed by atoms with van der Waals surface area (Å²) in [6.45, 7) is -5.13. The molecule has 104 valence electrons. The third-order valence-electron chi connectivity index (χ3n) is 2.94.